The summed E-state index contributed by atoms with van der Waals surface area (Å²) in [6.07, 6.45) is 5.52. The highest BCUT2D eigenvalue weighted by atomic mass is 14.9. The summed E-state index contributed by atoms with van der Waals surface area (Å²) in [6.45, 7) is 1.10. The van der Waals surface area contributed by atoms with Crippen molar-refractivity contribution in [3.8, 4) is 0 Å². The van der Waals surface area contributed by atoms with Gasteiger partial charge in [-0.15, -0.1) is 0 Å². The van der Waals surface area contributed by atoms with Gasteiger partial charge in [-0.3, -0.25) is 4.98 Å². The van der Waals surface area contributed by atoms with Crippen LogP contribution in [0.1, 0.15) is 31.0 Å². The van der Waals surface area contributed by atoms with Crippen molar-refractivity contribution in [3.05, 3.63) is 24.0 Å². The van der Waals surface area contributed by atoms with E-state index in [0.717, 1.165) is 17.9 Å². The number of nitrogens with one attached hydrogen (secondary N) is 1. The first-order valence-electron chi connectivity index (χ1n) is 4.81. The molecule has 1 aromatic rings. The van der Waals surface area contributed by atoms with Gasteiger partial charge in [-0.2, -0.15) is 0 Å². The van der Waals surface area contributed by atoms with Crippen molar-refractivity contribution < 1.29 is 0 Å². The molecule has 3 nitrogen and oxygen atoms in total. The van der Waals surface area contributed by atoms with Crippen molar-refractivity contribution in [1.82, 2.24) is 10.3 Å². The molecule has 0 saturated carbocycles. The van der Waals surface area contributed by atoms with Gasteiger partial charge < -0.3 is 11.1 Å². The lowest BCUT2D eigenvalue weighted by Crippen LogP contribution is -2.27. The molecule has 1 aliphatic heterocycles. The molecule has 0 radical (unpaired) electrons. The third-order valence-corrected chi connectivity index (χ3v) is 2.47. The number of hydrogen-bond donors (Lipinski definition) is 2. The average Bonchev–Trinajstić information content (AvgIpc) is 2.19. The van der Waals surface area contributed by atoms with Gasteiger partial charge in [0.05, 0.1) is 5.69 Å². The fraction of sp³-hybridized carbons (Fsp3) is 0.500. The van der Waals surface area contributed by atoms with E-state index >= 15 is 0 Å². The Morgan fingerprint density at radius 1 is 1.46 bits per heavy atom. The first-order chi connectivity index (χ1) is 6.36. The van der Waals surface area contributed by atoms with Crippen LogP contribution in [-0.2, 0) is 0 Å². The summed E-state index contributed by atoms with van der Waals surface area (Å²) in [4.78, 5) is 4.32. The topological polar surface area (TPSA) is 50.9 Å². The smallest absolute Gasteiger partial charge is 0.0593 e. The molecular formula is C10H15N3. The van der Waals surface area contributed by atoms with Gasteiger partial charge in [-0.1, -0.05) is 6.42 Å². The van der Waals surface area contributed by atoms with Crippen molar-refractivity contribution >= 4 is 5.69 Å². The fourth-order valence-corrected chi connectivity index (χ4v) is 1.76. The number of pyridine rings is 1. The molecule has 0 aromatic carbocycles. The first kappa shape index (κ1) is 8.51. The summed E-state index contributed by atoms with van der Waals surface area (Å²) in [5.41, 5.74) is 7.58. The number of hydrogen-bond acceptors (Lipinski definition) is 3. The second-order valence-electron chi connectivity index (χ2n) is 3.52. The molecule has 1 unspecified atom stereocenters. The Labute approximate surface area is 78.4 Å². The van der Waals surface area contributed by atoms with E-state index in [-0.39, 0.29) is 0 Å². The van der Waals surface area contributed by atoms with Gasteiger partial charge in [0, 0.05) is 17.9 Å². The van der Waals surface area contributed by atoms with E-state index in [1.165, 1.54) is 19.3 Å². The number of nitrogens with two attached hydrogens (primary N) is 1. The predicted molar refractivity (Wildman–Crippen MR) is 53.2 cm³/mol. The van der Waals surface area contributed by atoms with E-state index in [2.05, 4.69) is 10.3 Å². The lowest BCUT2D eigenvalue weighted by atomic mass is 10.0. The van der Waals surface area contributed by atoms with Gasteiger partial charge in [0.1, 0.15) is 0 Å². The predicted octanol–water partition coefficient (Wildman–Crippen LogP) is 1.48. The van der Waals surface area contributed by atoms with Crippen molar-refractivity contribution in [1.29, 1.82) is 0 Å². The van der Waals surface area contributed by atoms with E-state index in [1.807, 2.05) is 12.1 Å². The maximum absolute atomic E-state index is 5.70. The largest absolute Gasteiger partial charge is 0.399 e. The second-order valence-corrected chi connectivity index (χ2v) is 3.52. The Balaban J connectivity index is 2.14. The van der Waals surface area contributed by atoms with Crippen LogP contribution in [0.5, 0.6) is 0 Å². The molecule has 0 aliphatic carbocycles. The number of anilines is 1. The maximum atomic E-state index is 5.70. The summed E-state index contributed by atoms with van der Waals surface area (Å²) < 4.78 is 0. The number of piperidine rings is 1. The van der Waals surface area contributed by atoms with Crippen molar-refractivity contribution in [2.45, 2.75) is 25.3 Å². The highest BCUT2D eigenvalue weighted by molar-refractivity contribution is 5.38. The van der Waals surface area contributed by atoms with Crippen molar-refractivity contribution in [3.63, 3.8) is 0 Å². The second kappa shape index (κ2) is 3.75. The molecule has 3 N–H and O–H groups in total. The SMILES string of the molecule is Nc1ccnc(C2CCCCN2)c1. The zero-order valence-corrected chi connectivity index (χ0v) is 7.66. The Morgan fingerprint density at radius 2 is 2.38 bits per heavy atom. The highest BCUT2D eigenvalue weighted by Crippen LogP contribution is 2.21. The van der Waals surface area contributed by atoms with Crippen LogP contribution in [0.4, 0.5) is 5.69 Å². The summed E-state index contributed by atoms with van der Waals surface area (Å²) >= 11 is 0. The Hall–Kier alpha value is -1.09. The molecule has 70 valence electrons. The molecule has 1 aliphatic rings. The molecule has 0 amide bonds. The van der Waals surface area contributed by atoms with Gasteiger partial charge in [0.25, 0.3) is 0 Å². The van der Waals surface area contributed by atoms with Crippen LogP contribution >= 0.6 is 0 Å². The van der Waals surface area contributed by atoms with E-state index in [9.17, 15) is 0 Å². The van der Waals surface area contributed by atoms with E-state index in [0.29, 0.717) is 6.04 Å². The van der Waals surface area contributed by atoms with Gasteiger partial charge in [-0.25, -0.2) is 0 Å². The van der Waals surface area contributed by atoms with Crippen LogP contribution in [0, 0.1) is 0 Å². The van der Waals surface area contributed by atoms with Crippen LogP contribution in [-0.4, -0.2) is 11.5 Å². The third kappa shape index (κ3) is 1.98. The minimum atomic E-state index is 0.414. The van der Waals surface area contributed by atoms with Gasteiger partial charge in [0.2, 0.25) is 0 Å². The molecule has 13 heavy (non-hydrogen) atoms. The van der Waals surface area contributed by atoms with Crippen LogP contribution < -0.4 is 11.1 Å². The standard InChI is InChI=1S/C10H15N3/c11-8-4-6-13-10(7-8)9-3-1-2-5-12-9/h4,6-7,9,12H,1-3,5H2,(H2,11,13). The third-order valence-electron chi connectivity index (χ3n) is 2.47. The Kier molecular flexibility index (Phi) is 2.45. The summed E-state index contributed by atoms with van der Waals surface area (Å²) in [5, 5.41) is 3.44. The normalized spacial score (nSPS) is 22.9. The quantitative estimate of drug-likeness (QED) is 0.683. The molecule has 1 fully saturated rings. The molecule has 2 heterocycles. The summed E-state index contributed by atoms with van der Waals surface area (Å²) in [7, 11) is 0. The monoisotopic (exact) mass is 177 g/mol. The van der Waals surface area contributed by atoms with E-state index in [1.54, 1.807) is 6.20 Å². The number of rotatable bonds is 1. The Bertz CT molecular complexity index is 279. The van der Waals surface area contributed by atoms with Crippen LogP contribution in [0.15, 0.2) is 18.3 Å². The zero-order valence-electron chi connectivity index (χ0n) is 7.66. The number of nitrogen functional groups attached to an aromatic ring is 1. The maximum Gasteiger partial charge on any atom is 0.0593 e. The molecule has 2 rings (SSSR count). The average molecular weight is 177 g/mol. The van der Waals surface area contributed by atoms with Gasteiger partial charge >= 0.3 is 0 Å². The van der Waals surface area contributed by atoms with E-state index < -0.39 is 0 Å². The Morgan fingerprint density at radius 3 is 3.08 bits per heavy atom. The molecule has 0 spiro atoms. The van der Waals surface area contributed by atoms with Crippen molar-refractivity contribution in [2.75, 3.05) is 12.3 Å². The summed E-state index contributed by atoms with van der Waals surface area (Å²) in [5.74, 6) is 0. The van der Waals surface area contributed by atoms with Crippen LogP contribution in [0.25, 0.3) is 0 Å². The number of aromatic nitrogens is 1. The van der Waals surface area contributed by atoms with Crippen LogP contribution in [0.3, 0.4) is 0 Å². The lowest BCUT2D eigenvalue weighted by molar-refractivity contribution is 0.405. The highest BCUT2D eigenvalue weighted by Gasteiger charge is 2.15. The molecule has 1 saturated heterocycles. The van der Waals surface area contributed by atoms with Crippen LogP contribution in [0.2, 0.25) is 0 Å². The molecule has 1 aromatic heterocycles. The molecular weight excluding hydrogens is 162 g/mol. The molecule has 3 heteroatoms. The molecule has 1 atom stereocenters. The van der Waals surface area contributed by atoms with Gasteiger partial charge in [0.15, 0.2) is 0 Å². The van der Waals surface area contributed by atoms with Crippen molar-refractivity contribution in [2.24, 2.45) is 0 Å². The summed E-state index contributed by atoms with van der Waals surface area (Å²) in [6, 6.07) is 4.20. The zero-order chi connectivity index (χ0) is 9.10. The van der Waals surface area contributed by atoms with Gasteiger partial charge in [-0.05, 0) is 31.5 Å². The minimum Gasteiger partial charge on any atom is -0.399 e. The first-order valence-corrected chi connectivity index (χ1v) is 4.81. The lowest BCUT2D eigenvalue weighted by Gasteiger charge is -2.22. The fourth-order valence-electron chi connectivity index (χ4n) is 1.76. The molecule has 0 bridgehead atoms. The number of nitrogens with zero attached hydrogens (tertiary/aromatic N) is 1. The van der Waals surface area contributed by atoms with E-state index in [4.69, 9.17) is 5.73 Å². The minimum absolute atomic E-state index is 0.414.